The Hall–Kier alpha value is -5.60. The number of oxazole rings is 1. The number of carbonyl (C=O) groups is 3. The number of ether oxygens (including phenoxy) is 2. The number of carbonyl (C=O) groups excluding carboxylic acids is 3. The highest BCUT2D eigenvalue weighted by Gasteiger charge is 2.47. The van der Waals surface area contributed by atoms with E-state index in [1.54, 1.807) is 24.3 Å². The quantitative estimate of drug-likeness (QED) is 0.0598. The van der Waals surface area contributed by atoms with Gasteiger partial charge in [0.25, 0.3) is 11.7 Å². The fourth-order valence-corrected chi connectivity index (χ4v) is 6.94. The van der Waals surface area contributed by atoms with Gasteiger partial charge in [-0.05, 0) is 74.4 Å². The minimum atomic E-state index is -2.71. The average molecular weight is 778 g/mol. The molecule has 1 aliphatic heterocycles. The summed E-state index contributed by atoms with van der Waals surface area (Å²) in [5.41, 5.74) is 10.3. The number of aryl methyl sites for hydroxylation is 2. The number of aromatic nitrogens is 1. The van der Waals surface area contributed by atoms with Gasteiger partial charge in [0.05, 0.1) is 18.8 Å². The maximum absolute atomic E-state index is 14.6. The number of hydrogen-bond donors (Lipinski definition) is 5. The van der Waals surface area contributed by atoms with Crippen molar-refractivity contribution in [2.24, 2.45) is 5.73 Å². The molecular formula is C44H51N5O8. The van der Waals surface area contributed by atoms with Crippen LogP contribution in [0, 0.1) is 6.92 Å². The third kappa shape index (κ3) is 11.0. The molecule has 1 aliphatic rings. The number of rotatable bonds is 18. The van der Waals surface area contributed by atoms with Crippen LogP contribution >= 0.6 is 0 Å². The first kappa shape index (κ1) is 41.0. The maximum Gasteiger partial charge on any atom is 0.408 e. The molecule has 0 radical (unpaired) electrons. The standard InChI is InChI=1S/C44H51N5O8/c1-30-19-21-33(22-20-30)28-55-34-26-37(40(50)48-39(18-10-11-25-45)44(53,54)42-46-35-16-8-9-17-38(35)57-42)49(27-34)41(51)36(24-23-31-12-4-2-5-13-31)47-43(52)56-29-32-14-6-3-7-15-32/h2-9,12-17,19-22,34,36-37,39,53-54H,10-11,18,23-29,45H2,1H3,(H,47,52)(H,48,50)/t34-,36-,37+,39+/m1/s1. The van der Waals surface area contributed by atoms with E-state index in [1.165, 1.54) is 4.90 Å². The highest BCUT2D eigenvalue weighted by atomic mass is 16.5. The van der Waals surface area contributed by atoms with Gasteiger partial charge in [-0.1, -0.05) is 103 Å². The predicted molar refractivity (Wildman–Crippen MR) is 213 cm³/mol. The third-order valence-electron chi connectivity index (χ3n) is 10.2. The molecule has 6 rings (SSSR count). The number of alkyl carbamates (subject to hydrolysis) is 1. The Morgan fingerprint density at radius 3 is 2.23 bits per heavy atom. The molecule has 0 bridgehead atoms. The van der Waals surface area contributed by atoms with Crippen LogP contribution in [0.4, 0.5) is 4.79 Å². The Balaban J connectivity index is 1.25. The number of nitrogens with two attached hydrogens (primary N) is 1. The van der Waals surface area contributed by atoms with Crippen molar-refractivity contribution in [3.8, 4) is 0 Å². The lowest BCUT2D eigenvalue weighted by Gasteiger charge is -2.33. The molecular weight excluding hydrogens is 727 g/mol. The zero-order valence-corrected chi connectivity index (χ0v) is 32.1. The molecule has 0 spiro atoms. The number of fused-ring (bicyclic) bond motifs is 1. The number of benzene rings is 4. The minimum absolute atomic E-state index is 0.00560. The second-order valence-electron chi connectivity index (χ2n) is 14.5. The van der Waals surface area contributed by atoms with Crippen LogP contribution in [0.25, 0.3) is 11.1 Å². The van der Waals surface area contributed by atoms with Gasteiger partial charge in [0.1, 0.15) is 24.2 Å². The molecule has 0 unspecified atom stereocenters. The van der Waals surface area contributed by atoms with Gasteiger partial charge in [-0.15, -0.1) is 0 Å². The van der Waals surface area contributed by atoms with Crippen molar-refractivity contribution in [1.82, 2.24) is 20.5 Å². The normalized spacial score (nSPS) is 16.6. The fraction of sp³-hybridized carbons (Fsp3) is 0.364. The van der Waals surface area contributed by atoms with Crippen LogP contribution in [-0.4, -0.2) is 75.3 Å². The molecule has 0 aliphatic carbocycles. The Morgan fingerprint density at radius 1 is 0.860 bits per heavy atom. The lowest BCUT2D eigenvalue weighted by atomic mass is 9.99. The minimum Gasteiger partial charge on any atom is -0.445 e. The molecule has 300 valence electrons. The first-order valence-electron chi connectivity index (χ1n) is 19.4. The Labute approximate surface area is 332 Å². The average Bonchev–Trinajstić information content (AvgIpc) is 3.87. The number of likely N-dealkylation sites (tertiary alicyclic amines) is 1. The van der Waals surface area contributed by atoms with E-state index in [-0.39, 0.29) is 44.9 Å². The Bertz CT molecular complexity index is 2020. The predicted octanol–water partition coefficient (Wildman–Crippen LogP) is 5.00. The first-order chi connectivity index (χ1) is 27.6. The molecule has 2 heterocycles. The van der Waals surface area contributed by atoms with E-state index >= 15 is 0 Å². The molecule has 4 aromatic carbocycles. The Kier molecular flexibility index (Phi) is 14.0. The molecule has 4 atom stereocenters. The van der Waals surface area contributed by atoms with Crippen LogP contribution in [0.5, 0.6) is 0 Å². The van der Waals surface area contributed by atoms with Crippen LogP contribution in [-0.2, 0) is 44.5 Å². The second-order valence-corrected chi connectivity index (χ2v) is 14.5. The molecule has 0 saturated carbocycles. The molecule has 6 N–H and O–H groups in total. The van der Waals surface area contributed by atoms with Crippen molar-refractivity contribution in [1.29, 1.82) is 0 Å². The molecule has 13 heteroatoms. The van der Waals surface area contributed by atoms with Gasteiger partial charge in [-0.2, -0.15) is 0 Å². The molecule has 13 nitrogen and oxygen atoms in total. The fourth-order valence-electron chi connectivity index (χ4n) is 6.94. The number of nitrogens with one attached hydrogen (secondary N) is 2. The number of aliphatic hydroxyl groups is 2. The van der Waals surface area contributed by atoms with E-state index in [0.29, 0.717) is 36.9 Å². The molecule has 1 saturated heterocycles. The summed E-state index contributed by atoms with van der Waals surface area (Å²) in [6.45, 7) is 2.67. The van der Waals surface area contributed by atoms with Crippen molar-refractivity contribution in [3.05, 3.63) is 137 Å². The van der Waals surface area contributed by atoms with E-state index in [2.05, 4.69) is 15.6 Å². The lowest BCUT2D eigenvalue weighted by molar-refractivity contribution is -0.210. The van der Waals surface area contributed by atoms with Crippen molar-refractivity contribution in [3.63, 3.8) is 0 Å². The summed E-state index contributed by atoms with van der Waals surface area (Å²) in [4.78, 5) is 48.0. The largest absolute Gasteiger partial charge is 0.445 e. The molecule has 5 aromatic rings. The zero-order chi connectivity index (χ0) is 40.2. The van der Waals surface area contributed by atoms with E-state index < -0.39 is 47.9 Å². The number of amides is 3. The van der Waals surface area contributed by atoms with Crippen LogP contribution in [0.1, 0.15) is 60.2 Å². The number of unbranched alkanes of at least 4 members (excludes halogenated alkanes) is 1. The summed E-state index contributed by atoms with van der Waals surface area (Å²) in [7, 11) is 0. The van der Waals surface area contributed by atoms with Gasteiger partial charge < -0.3 is 45.4 Å². The van der Waals surface area contributed by atoms with E-state index in [0.717, 1.165) is 22.3 Å². The van der Waals surface area contributed by atoms with Crippen LogP contribution in [0.15, 0.2) is 114 Å². The summed E-state index contributed by atoms with van der Waals surface area (Å²) in [5, 5.41) is 28.7. The Morgan fingerprint density at radius 2 is 1.53 bits per heavy atom. The summed E-state index contributed by atoms with van der Waals surface area (Å²) in [6.07, 6.45) is 0.614. The van der Waals surface area contributed by atoms with Gasteiger partial charge in [0, 0.05) is 13.0 Å². The molecule has 1 fully saturated rings. The van der Waals surface area contributed by atoms with Gasteiger partial charge >= 0.3 is 6.09 Å². The summed E-state index contributed by atoms with van der Waals surface area (Å²) in [6, 6.07) is 30.1. The van der Waals surface area contributed by atoms with E-state index in [1.807, 2.05) is 91.9 Å². The van der Waals surface area contributed by atoms with Gasteiger partial charge in [-0.25, -0.2) is 9.78 Å². The van der Waals surface area contributed by atoms with Crippen LogP contribution in [0.3, 0.4) is 0 Å². The highest BCUT2D eigenvalue weighted by molar-refractivity contribution is 5.92. The van der Waals surface area contributed by atoms with E-state index in [4.69, 9.17) is 19.6 Å². The lowest BCUT2D eigenvalue weighted by Crippen LogP contribution is -2.57. The summed E-state index contributed by atoms with van der Waals surface area (Å²) in [5.74, 6) is -4.21. The summed E-state index contributed by atoms with van der Waals surface area (Å²) < 4.78 is 17.6. The van der Waals surface area contributed by atoms with Crippen LogP contribution < -0.4 is 16.4 Å². The number of nitrogens with zero attached hydrogens (tertiary/aromatic N) is 2. The second kappa shape index (κ2) is 19.5. The van der Waals surface area contributed by atoms with E-state index in [9.17, 15) is 24.6 Å². The zero-order valence-electron chi connectivity index (χ0n) is 32.1. The number of hydrogen-bond acceptors (Lipinski definition) is 10. The highest BCUT2D eigenvalue weighted by Crippen LogP contribution is 2.30. The molecule has 3 amide bonds. The molecule has 1 aromatic heterocycles. The summed E-state index contributed by atoms with van der Waals surface area (Å²) >= 11 is 0. The SMILES string of the molecule is Cc1ccc(CO[C@@H]2C[C@@H](C(=O)N[C@@H](CCCCN)C(O)(O)c3nc4ccccc4o3)N(C(=O)[C@@H](CCc3ccccc3)NC(=O)OCc3ccccc3)C2)cc1. The van der Waals surface area contributed by atoms with Crippen LogP contribution in [0.2, 0.25) is 0 Å². The van der Waals surface area contributed by atoms with Crippen molar-refractivity contribution in [2.45, 2.75) is 88.7 Å². The monoisotopic (exact) mass is 777 g/mol. The van der Waals surface area contributed by atoms with Crippen molar-refractivity contribution < 1.29 is 38.5 Å². The van der Waals surface area contributed by atoms with Gasteiger partial charge in [-0.3, -0.25) is 9.59 Å². The first-order valence-corrected chi connectivity index (χ1v) is 19.4. The van der Waals surface area contributed by atoms with Gasteiger partial charge in [0.15, 0.2) is 5.58 Å². The smallest absolute Gasteiger partial charge is 0.408 e. The topological polar surface area (TPSA) is 189 Å². The van der Waals surface area contributed by atoms with Crippen molar-refractivity contribution in [2.75, 3.05) is 13.1 Å². The maximum atomic E-state index is 14.6. The van der Waals surface area contributed by atoms with Gasteiger partial charge in [0.2, 0.25) is 11.8 Å². The van der Waals surface area contributed by atoms with Crippen molar-refractivity contribution >= 4 is 29.0 Å². The third-order valence-corrected chi connectivity index (χ3v) is 10.2. The molecule has 57 heavy (non-hydrogen) atoms. The number of para-hydroxylation sites is 2.